The van der Waals surface area contributed by atoms with Crippen molar-refractivity contribution in [1.29, 1.82) is 0 Å². The Morgan fingerprint density at radius 1 is 1.33 bits per heavy atom. The van der Waals surface area contributed by atoms with E-state index < -0.39 is 47.0 Å². The van der Waals surface area contributed by atoms with Gasteiger partial charge in [-0.15, -0.1) is 11.8 Å². The molecule has 18 nitrogen and oxygen atoms in total. The molecule has 0 aromatic carbocycles. The van der Waals surface area contributed by atoms with Crippen molar-refractivity contribution in [2.24, 2.45) is 10.1 Å². The molecule has 0 aliphatic carbocycles. The lowest BCUT2D eigenvalue weighted by Crippen LogP contribution is -2.71. The third kappa shape index (κ3) is 7.46. The maximum absolute atomic E-state index is 13.4. The minimum Gasteiger partial charge on any atom is -0.478 e. The second kappa shape index (κ2) is 14.8. The molecule has 3 aromatic heterocycles. The van der Waals surface area contributed by atoms with E-state index in [9.17, 15) is 24.3 Å². The first kappa shape index (κ1) is 35.5. The monoisotopic (exact) mass is 734 g/mol. The van der Waals surface area contributed by atoms with E-state index in [1.807, 2.05) is 38.0 Å². The van der Waals surface area contributed by atoms with Gasteiger partial charge in [0.05, 0.1) is 11.9 Å². The molecule has 2 aliphatic heterocycles. The number of nitrogens with two attached hydrogens (primary N) is 1. The number of carbonyl (C=O) groups excluding carboxylic acids is 2. The van der Waals surface area contributed by atoms with E-state index in [-0.39, 0.29) is 33.2 Å². The molecule has 2 aliphatic rings. The first-order valence-electron chi connectivity index (χ1n) is 14.6. The number of oxime groups is 1. The van der Waals surface area contributed by atoms with Crippen molar-refractivity contribution in [3.05, 3.63) is 39.8 Å². The number of nitrogen functional groups attached to an aromatic ring is 1. The summed E-state index contributed by atoms with van der Waals surface area (Å²) in [5, 5.41) is 28.0. The number of aliphatic imine (C=N–C) groups is 1. The smallest absolute Gasteiger partial charge is 0.352 e. The number of rotatable bonds is 14. The van der Waals surface area contributed by atoms with Crippen molar-refractivity contribution in [3.63, 3.8) is 0 Å². The third-order valence-electron chi connectivity index (χ3n) is 7.32. The Balaban J connectivity index is 1.37. The highest BCUT2D eigenvalue weighted by atomic mass is 35.5. The normalized spacial score (nSPS) is 18.4. The summed E-state index contributed by atoms with van der Waals surface area (Å²) in [4.78, 5) is 71.6. The zero-order valence-corrected chi connectivity index (χ0v) is 29.0. The van der Waals surface area contributed by atoms with Crippen LogP contribution in [0.1, 0.15) is 12.6 Å². The van der Waals surface area contributed by atoms with Crippen molar-refractivity contribution in [1.82, 2.24) is 35.0 Å². The quantitative estimate of drug-likeness (QED) is 0.0486. The number of pyridine rings is 1. The molecule has 0 bridgehead atoms. The molecule has 1 fully saturated rings. The van der Waals surface area contributed by atoms with Crippen molar-refractivity contribution in [2.45, 2.75) is 37.5 Å². The average molecular weight is 735 g/mol. The predicted molar refractivity (Wildman–Crippen MR) is 182 cm³/mol. The summed E-state index contributed by atoms with van der Waals surface area (Å²) in [5.74, 6) is -3.46. The molecule has 21 heteroatoms. The van der Waals surface area contributed by atoms with E-state index in [1.54, 1.807) is 22.0 Å². The van der Waals surface area contributed by atoms with Gasteiger partial charge in [0, 0.05) is 44.6 Å². The molecule has 0 radical (unpaired) electrons. The van der Waals surface area contributed by atoms with Crippen LogP contribution in [0, 0.1) is 0 Å². The number of nitrogens with one attached hydrogen (secondary N) is 2. The van der Waals surface area contributed by atoms with E-state index >= 15 is 0 Å². The van der Waals surface area contributed by atoms with Crippen LogP contribution in [0.15, 0.2) is 39.9 Å². The molecule has 1 saturated heterocycles. The maximum atomic E-state index is 13.4. The number of likely N-dealkylation sites (N-methyl/N-ethyl adjacent to an activating group) is 1. The molecule has 2 amide bonds. The molecule has 5 rings (SSSR count). The standard InChI is InChI=1S/C28H32ClN11O7S2/c1-13(25(43)44)47-36-18(17-21(29)49-27(30)35-17)22(41)34-19-23(42)40-20(26(45)46)14(11-48-24(19)40)9-38-7-5-16-15(10-38)33-28(32-12-37(3)4)39(16)8-6-31-2/h5,7,10,12-13,19,24,31H,6,8-9,11H2,1-4H3,(H4-,30,34,35,41,43,44,45,46)/p+1/t13-,19?,24?/m0/s1. The second-order valence-electron chi connectivity index (χ2n) is 11.1. The van der Waals surface area contributed by atoms with E-state index in [4.69, 9.17) is 27.3 Å². The largest absolute Gasteiger partial charge is 0.478 e. The number of thioether (sulfide) groups is 1. The number of carboxylic acids is 2. The number of aromatic nitrogens is 4. The van der Waals surface area contributed by atoms with E-state index in [0.29, 0.717) is 30.1 Å². The molecule has 49 heavy (non-hydrogen) atoms. The fraction of sp³-hybridized carbons (Fsp3) is 0.393. The molecule has 0 saturated carbocycles. The molecular formula is C28H33ClN11O7S2+. The number of nitrogens with zero attached hydrogens (tertiary/aromatic N) is 8. The predicted octanol–water partition coefficient (Wildman–Crippen LogP) is 0.0893. The second-order valence-corrected chi connectivity index (χ2v) is 13.8. The van der Waals surface area contributed by atoms with Crippen LogP contribution in [-0.2, 0) is 37.1 Å². The van der Waals surface area contributed by atoms with Gasteiger partial charge in [-0.25, -0.2) is 24.5 Å². The fourth-order valence-electron chi connectivity index (χ4n) is 4.98. The summed E-state index contributed by atoms with van der Waals surface area (Å²) >= 11 is 8.32. The van der Waals surface area contributed by atoms with Crippen LogP contribution in [0.25, 0.3) is 11.0 Å². The minimum absolute atomic E-state index is 0.00902. The van der Waals surface area contributed by atoms with Gasteiger partial charge < -0.3 is 40.9 Å². The van der Waals surface area contributed by atoms with Crippen LogP contribution in [-0.4, -0.2) is 121 Å². The van der Waals surface area contributed by atoms with Crippen LogP contribution < -0.4 is 20.9 Å². The Bertz CT molecular complexity index is 1910. The Labute approximate surface area is 292 Å². The molecule has 3 atom stereocenters. The van der Waals surface area contributed by atoms with Crippen LogP contribution >= 0.6 is 34.7 Å². The summed E-state index contributed by atoms with van der Waals surface area (Å²) in [6, 6.07) is 0.756. The number of aliphatic carboxylic acids is 2. The molecule has 0 spiro atoms. The first-order valence-corrected chi connectivity index (χ1v) is 16.9. The number of β-lactam (4-membered cyclic amide) rings is 1. The molecule has 6 N–H and O–H groups in total. The number of carbonyl (C=O) groups is 4. The van der Waals surface area contributed by atoms with E-state index in [0.717, 1.165) is 21.8 Å². The average Bonchev–Trinajstić information content (AvgIpc) is 3.57. The summed E-state index contributed by atoms with van der Waals surface area (Å²) < 4.78 is 3.77. The van der Waals surface area contributed by atoms with Crippen LogP contribution in [0.2, 0.25) is 4.34 Å². The number of fused-ring (bicyclic) bond motifs is 2. The van der Waals surface area contributed by atoms with Crippen LogP contribution in [0.5, 0.6) is 0 Å². The molecular weight excluding hydrogens is 702 g/mol. The van der Waals surface area contributed by atoms with Crippen molar-refractivity contribution >= 4 is 92.6 Å². The SMILES string of the molecule is CNCCn1c(N=CN(C)C)nc2c[n+](CC3=C(C(=O)O)N4C(=O)C(NC(=O)C(=NO[C@@H](C)C(=O)O)c5nc(N)sc5Cl)C4SC3)ccc21. The van der Waals surface area contributed by atoms with Gasteiger partial charge >= 0.3 is 11.9 Å². The van der Waals surface area contributed by atoms with E-state index in [2.05, 4.69) is 30.7 Å². The van der Waals surface area contributed by atoms with Gasteiger partial charge in [-0.05, 0) is 14.0 Å². The number of hydrogen-bond acceptors (Lipinski definition) is 13. The van der Waals surface area contributed by atoms with Crippen molar-refractivity contribution in [2.75, 3.05) is 39.2 Å². The van der Waals surface area contributed by atoms with Gasteiger partial charge in [-0.3, -0.25) is 14.5 Å². The maximum Gasteiger partial charge on any atom is 0.352 e. The number of halogens is 1. The van der Waals surface area contributed by atoms with Crippen LogP contribution in [0.3, 0.4) is 0 Å². The van der Waals surface area contributed by atoms with Gasteiger partial charge in [0.1, 0.15) is 27.1 Å². The third-order valence-corrected chi connectivity index (χ3v) is 9.74. The van der Waals surface area contributed by atoms with Crippen LogP contribution in [0.4, 0.5) is 11.1 Å². The Morgan fingerprint density at radius 3 is 2.71 bits per heavy atom. The lowest BCUT2D eigenvalue weighted by atomic mass is 10.0. The number of anilines is 1. The lowest BCUT2D eigenvalue weighted by Gasteiger charge is -2.49. The minimum atomic E-state index is -1.42. The van der Waals surface area contributed by atoms with Gasteiger partial charge in [-0.2, -0.15) is 4.57 Å². The van der Waals surface area contributed by atoms with E-state index in [1.165, 1.54) is 18.7 Å². The Kier molecular flexibility index (Phi) is 10.7. The van der Waals surface area contributed by atoms with Crippen molar-refractivity contribution in [3.8, 4) is 0 Å². The number of thiazole rings is 1. The summed E-state index contributed by atoms with van der Waals surface area (Å²) in [5.41, 5.74) is 6.88. The Morgan fingerprint density at radius 2 is 2.08 bits per heavy atom. The molecule has 3 aromatic rings. The topological polar surface area (TPSA) is 234 Å². The zero-order valence-electron chi connectivity index (χ0n) is 26.7. The van der Waals surface area contributed by atoms with Gasteiger partial charge in [0.25, 0.3) is 11.8 Å². The highest BCUT2D eigenvalue weighted by Crippen LogP contribution is 2.40. The van der Waals surface area contributed by atoms with Gasteiger partial charge in [0.2, 0.25) is 12.1 Å². The highest BCUT2D eigenvalue weighted by molar-refractivity contribution is 8.00. The number of amides is 2. The zero-order chi connectivity index (χ0) is 35.6. The number of hydrogen-bond donors (Lipinski definition) is 5. The summed E-state index contributed by atoms with van der Waals surface area (Å²) in [6.07, 6.45) is 3.86. The van der Waals surface area contributed by atoms with Gasteiger partial charge in [-0.1, -0.05) is 28.1 Å². The molecule has 5 heterocycles. The first-order chi connectivity index (χ1) is 23.3. The van der Waals surface area contributed by atoms with Gasteiger partial charge in [0.15, 0.2) is 35.3 Å². The fourth-order valence-corrected chi connectivity index (χ4v) is 7.25. The summed E-state index contributed by atoms with van der Waals surface area (Å²) in [7, 11) is 5.58. The number of carboxylic acid groups (broad SMARTS) is 2. The van der Waals surface area contributed by atoms with Crippen molar-refractivity contribution < 1.29 is 38.8 Å². The Hall–Kier alpha value is -4.79. The molecule has 260 valence electrons. The summed E-state index contributed by atoms with van der Waals surface area (Å²) in [6.45, 7) is 2.69. The number of imidazole rings is 1. The molecule has 2 unspecified atom stereocenters. The lowest BCUT2D eigenvalue weighted by molar-refractivity contribution is -0.687. The highest BCUT2D eigenvalue weighted by Gasteiger charge is 2.55.